The zero-order chi connectivity index (χ0) is 12.9. The third kappa shape index (κ3) is 1.67. The molecule has 90 valence electrons. The van der Waals surface area contributed by atoms with Gasteiger partial charge in [0.2, 0.25) is 0 Å². The SMILES string of the molecule is CC1c2cc(Cl)ccc2-c2ccc(B(O)O)cc21. The molecule has 1 aliphatic rings. The van der Waals surface area contributed by atoms with Crippen LogP contribution in [0.1, 0.15) is 24.0 Å². The summed E-state index contributed by atoms with van der Waals surface area (Å²) < 4.78 is 0. The van der Waals surface area contributed by atoms with Crippen LogP contribution in [0.2, 0.25) is 5.02 Å². The van der Waals surface area contributed by atoms with E-state index < -0.39 is 7.12 Å². The number of benzene rings is 2. The summed E-state index contributed by atoms with van der Waals surface area (Å²) in [4.78, 5) is 0. The maximum absolute atomic E-state index is 9.24. The van der Waals surface area contributed by atoms with Gasteiger partial charge in [-0.25, -0.2) is 0 Å². The first-order valence-corrected chi connectivity index (χ1v) is 6.25. The summed E-state index contributed by atoms with van der Waals surface area (Å²) in [5.41, 5.74) is 5.18. The maximum atomic E-state index is 9.24. The van der Waals surface area contributed by atoms with Gasteiger partial charge in [-0.05, 0) is 39.8 Å². The molecular weight excluding hydrogens is 246 g/mol. The Labute approximate surface area is 111 Å². The highest BCUT2D eigenvalue weighted by molar-refractivity contribution is 6.58. The fourth-order valence-electron chi connectivity index (χ4n) is 2.65. The second-order valence-corrected chi connectivity index (χ2v) is 5.11. The van der Waals surface area contributed by atoms with E-state index >= 15 is 0 Å². The van der Waals surface area contributed by atoms with Gasteiger partial charge >= 0.3 is 7.12 Å². The van der Waals surface area contributed by atoms with E-state index in [0.29, 0.717) is 5.46 Å². The summed E-state index contributed by atoms with van der Waals surface area (Å²) >= 11 is 6.03. The topological polar surface area (TPSA) is 40.5 Å². The van der Waals surface area contributed by atoms with Crippen LogP contribution in [0.25, 0.3) is 11.1 Å². The van der Waals surface area contributed by atoms with Gasteiger partial charge in [0.1, 0.15) is 0 Å². The second-order valence-electron chi connectivity index (χ2n) is 4.67. The lowest BCUT2D eigenvalue weighted by Gasteiger charge is -2.08. The molecule has 18 heavy (non-hydrogen) atoms. The standard InChI is InChI=1S/C14H12BClO2/c1-8-13-6-9(15(17)18)2-4-11(13)12-5-3-10(16)7-14(8)12/h2-8,17-18H,1H3. The highest BCUT2D eigenvalue weighted by Crippen LogP contribution is 2.44. The first-order chi connectivity index (χ1) is 8.58. The van der Waals surface area contributed by atoms with Gasteiger partial charge in [-0.1, -0.05) is 42.8 Å². The average molecular weight is 259 g/mol. The molecule has 0 saturated carbocycles. The summed E-state index contributed by atoms with van der Waals surface area (Å²) in [6, 6.07) is 11.4. The number of halogens is 1. The third-order valence-electron chi connectivity index (χ3n) is 3.61. The highest BCUT2D eigenvalue weighted by Gasteiger charge is 2.26. The van der Waals surface area contributed by atoms with Crippen LogP contribution in [-0.4, -0.2) is 17.2 Å². The Balaban J connectivity index is 2.20. The van der Waals surface area contributed by atoms with Crippen LogP contribution in [-0.2, 0) is 0 Å². The Hall–Kier alpha value is -1.29. The van der Waals surface area contributed by atoms with Crippen LogP contribution in [0, 0.1) is 0 Å². The Morgan fingerprint density at radius 2 is 1.61 bits per heavy atom. The minimum absolute atomic E-state index is 0.229. The lowest BCUT2D eigenvalue weighted by Crippen LogP contribution is -2.30. The smallest absolute Gasteiger partial charge is 0.423 e. The summed E-state index contributed by atoms with van der Waals surface area (Å²) in [6.45, 7) is 2.11. The van der Waals surface area contributed by atoms with Gasteiger partial charge in [0.05, 0.1) is 0 Å². The van der Waals surface area contributed by atoms with Gasteiger partial charge < -0.3 is 10.0 Å². The van der Waals surface area contributed by atoms with Crippen molar-refractivity contribution in [3.63, 3.8) is 0 Å². The molecule has 0 heterocycles. The molecule has 1 unspecified atom stereocenters. The van der Waals surface area contributed by atoms with Crippen LogP contribution < -0.4 is 5.46 Å². The zero-order valence-electron chi connectivity index (χ0n) is 9.89. The van der Waals surface area contributed by atoms with Crippen LogP contribution in [0.5, 0.6) is 0 Å². The fraction of sp³-hybridized carbons (Fsp3) is 0.143. The Morgan fingerprint density at radius 3 is 2.28 bits per heavy atom. The molecule has 2 nitrogen and oxygen atoms in total. The molecule has 1 aliphatic carbocycles. The molecular formula is C14H12BClO2. The summed E-state index contributed by atoms with van der Waals surface area (Å²) in [6.07, 6.45) is 0. The first kappa shape index (κ1) is 11.8. The normalized spacial score (nSPS) is 16.3. The van der Waals surface area contributed by atoms with Crippen LogP contribution >= 0.6 is 11.6 Å². The van der Waals surface area contributed by atoms with Crippen molar-refractivity contribution in [2.45, 2.75) is 12.8 Å². The zero-order valence-corrected chi connectivity index (χ0v) is 10.6. The molecule has 2 aromatic carbocycles. The Kier molecular flexibility index (Phi) is 2.70. The molecule has 0 amide bonds. The van der Waals surface area contributed by atoms with Crippen LogP contribution in [0.15, 0.2) is 36.4 Å². The average Bonchev–Trinajstić information content (AvgIpc) is 2.62. The van der Waals surface area contributed by atoms with Crippen LogP contribution in [0.4, 0.5) is 0 Å². The van der Waals surface area contributed by atoms with Crippen molar-refractivity contribution in [2.75, 3.05) is 0 Å². The molecule has 0 aliphatic heterocycles. The second kappa shape index (κ2) is 4.13. The quantitative estimate of drug-likeness (QED) is 0.770. The Bertz CT molecular complexity index is 625. The molecule has 0 aromatic heterocycles. The lowest BCUT2D eigenvalue weighted by molar-refractivity contribution is 0.425. The van der Waals surface area contributed by atoms with Crippen molar-refractivity contribution in [3.05, 3.63) is 52.5 Å². The highest BCUT2D eigenvalue weighted by atomic mass is 35.5. The maximum Gasteiger partial charge on any atom is 0.488 e. The van der Waals surface area contributed by atoms with E-state index in [2.05, 4.69) is 6.92 Å². The number of fused-ring (bicyclic) bond motifs is 3. The van der Waals surface area contributed by atoms with E-state index in [1.54, 1.807) is 6.07 Å². The van der Waals surface area contributed by atoms with Crippen molar-refractivity contribution < 1.29 is 10.0 Å². The molecule has 2 N–H and O–H groups in total. The third-order valence-corrected chi connectivity index (χ3v) is 3.85. The van der Waals surface area contributed by atoms with Gasteiger partial charge in [0.25, 0.3) is 0 Å². The minimum atomic E-state index is -1.42. The van der Waals surface area contributed by atoms with Crippen molar-refractivity contribution >= 4 is 24.2 Å². The van der Waals surface area contributed by atoms with E-state index in [1.807, 2.05) is 30.3 Å². The lowest BCUT2D eigenvalue weighted by atomic mass is 9.78. The summed E-state index contributed by atoms with van der Waals surface area (Å²) in [5, 5.41) is 19.2. The van der Waals surface area contributed by atoms with Gasteiger partial charge in [0, 0.05) is 10.9 Å². The molecule has 0 fully saturated rings. The number of hydrogen-bond acceptors (Lipinski definition) is 2. The number of rotatable bonds is 1. The van der Waals surface area contributed by atoms with Gasteiger partial charge in [-0.3, -0.25) is 0 Å². The fourth-order valence-corrected chi connectivity index (χ4v) is 2.83. The summed E-state index contributed by atoms with van der Waals surface area (Å²) in [7, 11) is -1.42. The first-order valence-electron chi connectivity index (χ1n) is 5.87. The van der Waals surface area contributed by atoms with E-state index in [9.17, 15) is 10.0 Å². The molecule has 0 radical (unpaired) electrons. The molecule has 2 aromatic rings. The van der Waals surface area contributed by atoms with Gasteiger partial charge in [-0.15, -0.1) is 0 Å². The van der Waals surface area contributed by atoms with Crippen molar-refractivity contribution in [1.82, 2.24) is 0 Å². The Morgan fingerprint density at radius 1 is 1.00 bits per heavy atom. The monoisotopic (exact) mass is 258 g/mol. The predicted molar refractivity (Wildman–Crippen MR) is 74.2 cm³/mol. The van der Waals surface area contributed by atoms with E-state index in [-0.39, 0.29) is 5.92 Å². The summed E-state index contributed by atoms with van der Waals surface area (Å²) in [5.74, 6) is 0.229. The van der Waals surface area contributed by atoms with Crippen molar-refractivity contribution in [3.8, 4) is 11.1 Å². The van der Waals surface area contributed by atoms with Gasteiger partial charge in [-0.2, -0.15) is 0 Å². The van der Waals surface area contributed by atoms with Crippen molar-refractivity contribution in [2.24, 2.45) is 0 Å². The van der Waals surface area contributed by atoms with E-state index in [0.717, 1.165) is 16.1 Å². The molecule has 1 atom stereocenters. The predicted octanol–water partition coefficient (Wildman–Crippen LogP) is 2.15. The van der Waals surface area contributed by atoms with Gasteiger partial charge in [0.15, 0.2) is 0 Å². The minimum Gasteiger partial charge on any atom is -0.423 e. The van der Waals surface area contributed by atoms with Crippen molar-refractivity contribution in [1.29, 1.82) is 0 Å². The molecule has 4 heteroatoms. The van der Waals surface area contributed by atoms with Crippen LogP contribution in [0.3, 0.4) is 0 Å². The molecule has 0 bridgehead atoms. The van der Waals surface area contributed by atoms with E-state index in [4.69, 9.17) is 11.6 Å². The largest absolute Gasteiger partial charge is 0.488 e. The molecule has 0 spiro atoms. The molecule has 3 rings (SSSR count). The number of hydrogen-bond donors (Lipinski definition) is 2. The molecule has 0 saturated heterocycles. The van der Waals surface area contributed by atoms with E-state index in [1.165, 1.54) is 11.1 Å².